The first kappa shape index (κ1) is 10.5. The lowest BCUT2D eigenvalue weighted by Gasteiger charge is -2.31. The van der Waals surface area contributed by atoms with E-state index >= 15 is 0 Å². The fourth-order valence-electron chi connectivity index (χ4n) is 2.68. The smallest absolute Gasteiger partial charge is 0.0668 e. The van der Waals surface area contributed by atoms with E-state index in [1.165, 1.54) is 23.1 Å². The van der Waals surface area contributed by atoms with Gasteiger partial charge in [-0.1, -0.05) is 13.8 Å². The van der Waals surface area contributed by atoms with E-state index in [1.807, 2.05) is 18.5 Å². The van der Waals surface area contributed by atoms with Crippen molar-refractivity contribution in [2.24, 2.45) is 5.41 Å². The van der Waals surface area contributed by atoms with Crippen molar-refractivity contribution in [1.29, 1.82) is 0 Å². The Morgan fingerprint density at radius 3 is 2.94 bits per heavy atom. The molecule has 0 saturated heterocycles. The molecule has 0 radical (unpaired) electrons. The number of nitrogens with one attached hydrogen (secondary N) is 1. The van der Waals surface area contributed by atoms with E-state index in [0.717, 1.165) is 18.5 Å². The molecule has 3 heteroatoms. The van der Waals surface area contributed by atoms with Crippen LogP contribution in [0.25, 0.3) is 11.3 Å². The molecule has 0 aliphatic heterocycles. The van der Waals surface area contributed by atoms with Crippen molar-refractivity contribution < 1.29 is 0 Å². The highest BCUT2D eigenvalue weighted by molar-refractivity contribution is 5.64. The summed E-state index contributed by atoms with van der Waals surface area (Å²) < 4.78 is 0. The van der Waals surface area contributed by atoms with E-state index in [0.29, 0.717) is 5.41 Å². The van der Waals surface area contributed by atoms with Crippen molar-refractivity contribution in [3.05, 3.63) is 35.8 Å². The maximum Gasteiger partial charge on any atom is 0.0668 e. The van der Waals surface area contributed by atoms with E-state index in [1.54, 1.807) is 6.20 Å². The highest BCUT2D eigenvalue weighted by Crippen LogP contribution is 2.37. The third kappa shape index (κ3) is 1.86. The number of fused-ring (bicyclic) bond motifs is 1. The van der Waals surface area contributed by atoms with Crippen molar-refractivity contribution in [2.75, 3.05) is 0 Å². The maximum atomic E-state index is 4.37. The van der Waals surface area contributed by atoms with Crippen LogP contribution < -0.4 is 0 Å². The molecule has 3 rings (SSSR count). The summed E-state index contributed by atoms with van der Waals surface area (Å²) in [6.07, 6.45) is 9.27. The molecular formula is C14H17N3. The molecule has 0 spiro atoms. The molecule has 0 fully saturated rings. The lowest BCUT2D eigenvalue weighted by atomic mass is 9.74. The Morgan fingerprint density at radius 2 is 2.18 bits per heavy atom. The summed E-state index contributed by atoms with van der Waals surface area (Å²) >= 11 is 0. The van der Waals surface area contributed by atoms with Gasteiger partial charge in [0, 0.05) is 24.2 Å². The van der Waals surface area contributed by atoms with Crippen molar-refractivity contribution in [3.63, 3.8) is 0 Å². The van der Waals surface area contributed by atoms with Crippen molar-refractivity contribution in [3.8, 4) is 11.3 Å². The van der Waals surface area contributed by atoms with Crippen LogP contribution in [0.1, 0.15) is 31.4 Å². The van der Waals surface area contributed by atoms with Gasteiger partial charge in [-0.25, -0.2) is 0 Å². The number of rotatable bonds is 1. The van der Waals surface area contributed by atoms with Gasteiger partial charge in [-0.15, -0.1) is 0 Å². The molecule has 0 saturated carbocycles. The van der Waals surface area contributed by atoms with Gasteiger partial charge < -0.3 is 0 Å². The number of pyridine rings is 1. The Balaban J connectivity index is 2.09. The predicted octanol–water partition coefficient (Wildman–Crippen LogP) is 2.99. The zero-order chi connectivity index (χ0) is 11.9. The fraction of sp³-hybridized carbons (Fsp3) is 0.429. The summed E-state index contributed by atoms with van der Waals surface area (Å²) in [6.45, 7) is 4.66. The largest absolute Gasteiger partial charge is 0.278 e. The summed E-state index contributed by atoms with van der Waals surface area (Å²) in [7, 11) is 0. The molecule has 0 bridgehead atoms. The minimum atomic E-state index is 0.404. The first-order valence-corrected chi connectivity index (χ1v) is 6.11. The Bertz CT molecular complexity index is 526. The minimum absolute atomic E-state index is 0.404. The molecule has 0 amide bonds. The fourth-order valence-corrected chi connectivity index (χ4v) is 2.68. The van der Waals surface area contributed by atoms with Crippen LogP contribution in [0.2, 0.25) is 0 Å². The molecule has 0 unspecified atom stereocenters. The van der Waals surface area contributed by atoms with Crippen molar-refractivity contribution >= 4 is 0 Å². The second-order valence-electron chi connectivity index (χ2n) is 5.64. The van der Waals surface area contributed by atoms with E-state index in [2.05, 4.69) is 29.0 Å². The summed E-state index contributed by atoms with van der Waals surface area (Å²) in [5, 5.41) is 7.06. The van der Waals surface area contributed by atoms with Gasteiger partial charge in [0.2, 0.25) is 0 Å². The number of aromatic nitrogens is 3. The molecule has 1 aliphatic rings. The summed E-state index contributed by atoms with van der Waals surface area (Å²) in [5.41, 5.74) is 5.54. The van der Waals surface area contributed by atoms with Crippen LogP contribution in [0.5, 0.6) is 0 Å². The topological polar surface area (TPSA) is 41.6 Å². The molecule has 2 aromatic rings. The first-order chi connectivity index (χ1) is 8.16. The van der Waals surface area contributed by atoms with Crippen LogP contribution >= 0.6 is 0 Å². The lowest BCUT2D eigenvalue weighted by molar-refractivity contribution is 0.315. The van der Waals surface area contributed by atoms with Gasteiger partial charge in [0.05, 0.1) is 5.69 Å². The Labute approximate surface area is 101 Å². The number of hydrogen-bond acceptors (Lipinski definition) is 2. The highest BCUT2D eigenvalue weighted by atomic mass is 15.1. The maximum absolute atomic E-state index is 4.37. The van der Waals surface area contributed by atoms with Gasteiger partial charge in [-0.2, -0.15) is 5.10 Å². The van der Waals surface area contributed by atoms with Crippen LogP contribution in [-0.2, 0) is 12.8 Å². The van der Waals surface area contributed by atoms with Gasteiger partial charge in [0.15, 0.2) is 0 Å². The lowest BCUT2D eigenvalue weighted by Crippen LogP contribution is -2.22. The summed E-state index contributed by atoms with van der Waals surface area (Å²) in [6, 6.07) is 2.01. The standard InChI is InChI=1S/C14H17N3/c1-14(2)5-3-11-10(7-14)8-15-9-12(11)13-4-6-16-17-13/h4,6,8-9H,3,5,7H2,1-2H3,(H,16,17). The average Bonchev–Trinajstić information content (AvgIpc) is 2.79. The number of H-pyrrole nitrogens is 1. The molecule has 2 heterocycles. The predicted molar refractivity (Wildman–Crippen MR) is 67.6 cm³/mol. The van der Waals surface area contributed by atoms with Gasteiger partial charge in [-0.3, -0.25) is 10.1 Å². The van der Waals surface area contributed by atoms with Crippen LogP contribution in [0.15, 0.2) is 24.7 Å². The SMILES string of the molecule is CC1(C)CCc2c(cncc2-c2ccn[nH]2)C1. The Morgan fingerprint density at radius 1 is 1.29 bits per heavy atom. The van der Waals surface area contributed by atoms with Crippen LogP contribution in [0.3, 0.4) is 0 Å². The normalized spacial score (nSPS) is 17.8. The third-order valence-electron chi connectivity index (χ3n) is 3.66. The second kappa shape index (κ2) is 3.69. The quantitative estimate of drug-likeness (QED) is 0.813. The Kier molecular flexibility index (Phi) is 2.28. The minimum Gasteiger partial charge on any atom is -0.278 e. The zero-order valence-corrected chi connectivity index (χ0v) is 10.3. The monoisotopic (exact) mass is 227 g/mol. The zero-order valence-electron chi connectivity index (χ0n) is 10.3. The van der Waals surface area contributed by atoms with Crippen molar-refractivity contribution in [1.82, 2.24) is 15.2 Å². The van der Waals surface area contributed by atoms with Gasteiger partial charge >= 0.3 is 0 Å². The first-order valence-electron chi connectivity index (χ1n) is 6.11. The molecule has 1 N–H and O–H groups in total. The molecule has 2 aromatic heterocycles. The highest BCUT2D eigenvalue weighted by Gasteiger charge is 2.27. The van der Waals surface area contributed by atoms with Gasteiger partial charge in [0.25, 0.3) is 0 Å². The van der Waals surface area contributed by atoms with E-state index in [4.69, 9.17) is 0 Å². The van der Waals surface area contributed by atoms with Crippen LogP contribution in [0, 0.1) is 5.41 Å². The van der Waals surface area contributed by atoms with Crippen molar-refractivity contribution in [2.45, 2.75) is 33.1 Å². The number of nitrogens with zero attached hydrogens (tertiary/aromatic N) is 2. The molecule has 0 atom stereocenters. The molecular weight excluding hydrogens is 210 g/mol. The average molecular weight is 227 g/mol. The summed E-state index contributed by atoms with van der Waals surface area (Å²) in [5.74, 6) is 0. The molecule has 88 valence electrons. The van der Waals surface area contributed by atoms with Gasteiger partial charge in [-0.05, 0) is 41.9 Å². The van der Waals surface area contributed by atoms with Crippen LogP contribution in [0.4, 0.5) is 0 Å². The molecule has 3 nitrogen and oxygen atoms in total. The second-order valence-corrected chi connectivity index (χ2v) is 5.64. The van der Waals surface area contributed by atoms with Crippen LogP contribution in [-0.4, -0.2) is 15.2 Å². The number of aromatic amines is 1. The van der Waals surface area contributed by atoms with E-state index in [-0.39, 0.29) is 0 Å². The van der Waals surface area contributed by atoms with E-state index in [9.17, 15) is 0 Å². The molecule has 0 aromatic carbocycles. The number of hydrogen-bond donors (Lipinski definition) is 1. The van der Waals surface area contributed by atoms with E-state index < -0.39 is 0 Å². The summed E-state index contributed by atoms with van der Waals surface area (Å²) in [4.78, 5) is 4.37. The van der Waals surface area contributed by atoms with Gasteiger partial charge in [0.1, 0.15) is 0 Å². The molecule has 17 heavy (non-hydrogen) atoms. The Hall–Kier alpha value is -1.64. The molecule has 1 aliphatic carbocycles. The third-order valence-corrected chi connectivity index (χ3v) is 3.66.